The molecule has 7 heteroatoms. The first-order valence-corrected chi connectivity index (χ1v) is 15.0. The van der Waals surface area contributed by atoms with Crippen molar-refractivity contribution in [1.82, 2.24) is 19.7 Å². The van der Waals surface area contributed by atoms with Crippen LogP contribution in [0, 0.1) is 5.92 Å². The van der Waals surface area contributed by atoms with Crippen molar-refractivity contribution in [2.24, 2.45) is 11.7 Å². The Morgan fingerprint density at radius 3 is 2.38 bits per heavy atom. The maximum absolute atomic E-state index is 13.1. The third-order valence-electron chi connectivity index (χ3n) is 8.18. The Labute approximate surface area is 252 Å². The van der Waals surface area contributed by atoms with Crippen LogP contribution >= 0.6 is 0 Å². The van der Waals surface area contributed by atoms with Crippen LogP contribution in [-0.2, 0) is 17.6 Å². The number of piperazine rings is 1. The van der Waals surface area contributed by atoms with Gasteiger partial charge in [-0.05, 0) is 75.5 Å². The fourth-order valence-electron chi connectivity index (χ4n) is 6.20. The van der Waals surface area contributed by atoms with E-state index in [1.165, 1.54) is 22.2 Å². The van der Waals surface area contributed by atoms with Crippen LogP contribution < -0.4 is 10.6 Å². The van der Waals surface area contributed by atoms with Gasteiger partial charge in [0.2, 0.25) is 5.91 Å². The molecule has 1 atom stereocenters. The summed E-state index contributed by atoms with van der Waals surface area (Å²) in [5.74, 6) is 1.37. The molecule has 42 heavy (non-hydrogen) atoms. The molecule has 3 aromatic rings. The molecule has 2 aliphatic heterocycles. The number of aryl methyl sites for hydroxylation is 1. The molecule has 0 unspecified atom stereocenters. The average molecular weight is 569 g/mol. The molecule has 224 valence electrons. The number of fused-ring (bicyclic) bond motifs is 2. The van der Waals surface area contributed by atoms with Crippen LogP contribution in [0.3, 0.4) is 0 Å². The zero-order valence-electron chi connectivity index (χ0n) is 25.9. The summed E-state index contributed by atoms with van der Waals surface area (Å²) in [6.07, 6.45) is 6.50. The smallest absolute Gasteiger partial charge is 0.227 e. The summed E-state index contributed by atoms with van der Waals surface area (Å²) in [6, 6.07) is 16.6. The van der Waals surface area contributed by atoms with E-state index in [-0.39, 0.29) is 5.91 Å². The summed E-state index contributed by atoms with van der Waals surface area (Å²) in [7, 11) is 4.20. The van der Waals surface area contributed by atoms with Gasteiger partial charge in [-0.25, -0.2) is 0 Å². The van der Waals surface area contributed by atoms with E-state index in [0.717, 1.165) is 68.9 Å². The summed E-state index contributed by atoms with van der Waals surface area (Å²) in [4.78, 5) is 25.1. The molecule has 1 amide bonds. The normalized spacial score (nSPS) is 17.1. The molecule has 0 bridgehead atoms. The number of H-pyrrole nitrogens is 1. The highest BCUT2D eigenvalue weighted by atomic mass is 16.2. The van der Waals surface area contributed by atoms with Crippen molar-refractivity contribution in [2.45, 2.75) is 33.1 Å². The van der Waals surface area contributed by atoms with E-state index in [2.05, 4.69) is 90.3 Å². The first-order chi connectivity index (χ1) is 20.2. The third-order valence-corrected chi connectivity index (χ3v) is 8.18. The molecule has 0 radical (unpaired) electrons. The van der Waals surface area contributed by atoms with E-state index >= 15 is 0 Å². The van der Waals surface area contributed by atoms with Gasteiger partial charge in [0, 0.05) is 74.2 Å². The number of nitrogens with zero attached hydrogens (tertiary/aromatic N) is 4. The summed E-state index contributed by atoms with van der Waals surface area (Å²) in [6.45, 7) is 17.5. The van der Waals surface area contributed by atoms with Crippen LogP contribution in [0.1, 0.15) is 31.4 Å². The monoisotopic (exact) mass is 568 g/mol. The van der Waals surface area contributed by atoms with E-state index in [1.54, 1.807) is 0 Å². The van der Waals surface area contributed by atoms with Crippen LogP contribution in [0.5, 0.6) is 0 Å². The van der Waals surface area contributed by atoms with Crippen molar-refractivity contribution in [3.8, 4) is 0 Å². The first kappa shape index (κ1) is 31.0. The Hall–Kier alpha value is -3.97. The Balaban J connectivity index is 0.000000230. The molecule has 0 saturated carbocycles. The van der Waals surface area contributed by atoms with E-state index in [1.807, 2.05) is 36.2 Å². The second kappa shape index (κ2) is 14.3. The number of para-hydroxylation sites is 2. The molecule has 0 spiro atoms. The zero-order valence-corrected chi connectivity index (χ0v) is 25.9. The van der Waals surface area contributed by atoms with Gasteiger partial charge in [0.05, 0.1) is 5.82 Å². The minimum atomic E-state index is 0.219. The van der Waals surface area contributed by atoms with Crippen molar-refractivity contribution in [2.75, 3.05) is 58.3 Å². The van der Waals surface area contributed by atoms with Gasteiger partial charge in [0.25, 0.3) is 0 Å². The van der Waals surface area contributed by atoms with Gasteiger partial charge in [0.15, 0.2) is 0 Å². The lowest BCUT2D eigenvalue weighted by molar-refractivity contribution is -0.118. The third kappa shape index (κ3) is 7.65. The number of hydrogen-bond donors (Lipinski definition) is 2. The van der Waals surface area contributed by atoms with Gasteiger partial charge in [-0.2, -0.15) is 0 Å². The number of benzene rings is 2. The second-order valence-electron chi connectivity index (χ2n) is 11.7. The fourth-order valence-corrected chi connectivity index (χ4v) is 6.20. The molecule has 5 rings (SSSR count). The number of aromatic nitrogens is 1. The Morgan fingerprint density at radius 2 is 1.71 bits per heavy atom. The highest BCUT2D eigenvalue weighted by molar-refractivity contribution is 5.95. The molecule has 1 saturated heterocycles. The molecule has 7 nitrogen and oxygen atoms in total. The summed E-state index contributed by atoms with van der Waals surface area (Å²) in [5, 5.41) is 1.22. The number of anilines is 1. The van der Waals surface area contributed by atoms with Crippen molar-refractivity contribution in [1.29, 1.82) is 0 Å². The minimum absolute atomic E-state index is 0.219. The number of rotatable bonds is 8. The molecular weight excluding hydrogens is 520 g/mol. The number of carbonyl (C=O) groups is 1. The molecule has 3 N–H and O–H groups in total. The molecule has 3 heterocycles. The Morgan fingerprint density at radius 1 is 1.05 bits per heavy atom. The number of aromatic amines is 1. The van der Waals surface area contributed by atoms with Gasteiger partial charge < -0.3 is 30.3 Å². The van der Waals surface area contributed by atoms with Crippen LogP contribution in [0.15, 0.2) is 91.1 Å². The number of carbonyl (C=O) groups excluding carboxylic acids is 1. The van der Waals surface area contributed by atoms with Crippen LogP contribution in [-0.4, -0.2) is 79.0 Å². The number of nitrogens with one attached hydrogen (secondary N) is 1. The first-order valence-electron chi connectivity index (χ1n) is 15.0. The largest absolute Gasteiger partial charge is 0.386 e. The van der Waals surface area contributed by atoms with E-state index < -0.39 is 0 Å². The molecule has 1 aromatic heterocycles. The molecule has 2 aliphatic rings. The van der Waals surface area contributed by atoms with Gasteiger partial charge in [0.1, 0.15) is 0 Å². The quantitative estimate of drug-likeness (QED) is 0.357. The van der Waals surface area contributed by atoms with Gasteiger partial charge in [-0.1, -0.05) is 55.6 Å². The second-order valence-corrected chi connectivity index (χ2v) is 11.7. The van der Waals surface area contributed by atoms with Crippen molar-refractivity contribution in [3.05, 3.63) is 102 Å². The SMILES string of the molecule is C=C(C)/C(=C\C)N1CCN(C(=C)N)CC1.CN(C)C[C@H]1Cc2ccccc2N(C(=O)CCc2c[nH]c3ccccc23)C1. The van der Waals surface area contributed by atoms with Gasteiger partial charge >= 0.3 is 0 Å². The topological polar surface area (TPSA) is 71.8 Å². The van der Waals surface area contributed by atoms with Gasteiger partial charge in [-0.3, -0.25) is 4.79 Å². The Bertz CT molecular complexity index is 1410. The highest BCUT2D eigenvalue weighted by Gasteiger charge is 2.28. The maximum Gasteiger partial charge on any atom is 0.227 e. The number of hydrogen-bond acceptors (Lipinski definition) is 5. The molecular formula is C35H48N6O. The van der Waals surface area contributed by atoms with Crippen LogP contribution in [0.25, 0.3) is 10.9 Å². The van der Waals surface area contributed by atoms with E-state index in [0.29, 0.717) is 18.2 Å². The number of amides is 1. The fraction of sp³-hybridized carbons (Fsp3) is 0.400. The molecule has 0 aliphatic carbocycles. The number of nitrogens with two attached hydrogens (primary N) is 1. The maximum atomic E-state index is 13.1. The summed E-state index contributed by atoms with van der Waals surface area (Å²) < 4.78 is 0. The predicted octanol–water partition coefficient (Wildman–Crippen LogP) is 5.38. The molecule has 1 fully saturated rings. The number of allylic oxidation sites excluding steroid dienone is 2. The lowest BCUT2D eigenvalue weighted by Crippen LogP contribution is -2.46. The van der Waals surface area contributed by atoms with Crippen molar-refractivity contribution in [3.63, 3.8) is 0 Å². The lowest BCUT2D eigenvalue weighted by atomic mass is 9.91. The summed E-state index contributed by atoms with van der Waals surface area (Å²) >= 11 is 0. The lowest BCUT2D eigenvalue weighted by Gasteiger charge is -2.38. The van der Waals surface area contributed by atoms with E-state index in [9.17, 15) is 4.79 Å². The van der Waals surface area contributed by atoms with E-state index in [4.69, 9.17) is 5.73 Å². The Kier molecular flexibility index (Phi) is 10.5. The zero-order chi connectivity index (χ0) is 30.2. The van der Waals surface area contributed by atoms with Gasteiger partial charge in [-0.15, -0.1) is 0 Å². The van der Waals surface area contributed by atoms with Crippen molar-refractivity contribution >= 4 is 22.5 Å². The standard InChI is InChI=1S/C23H27N3O.C12H21N3/c1-25(2)15-17-13-18-7-3-6-10-22(18)26(16-17)23(27)12-11-19-14-24-21-9-5-4-8-20(19)21;1-5-12(10(2)3)15-8-6-14(7-9-15)11(4)13/h3-10,14,17,24H,11-13,15-16H2,1-2H3;5H,2,4,6-9,13H2,1,3H3/b;12-5+/t17-;/m1./s1. The average Bonchev–Trinajstić information content (AvgIpc) is 3.39. The predicted molar refractivity (Wildman–Crippen MR) is 176 cm³/mol. The minimum Gasteiger partial charge on any atom is -0.386 e. The van der Waals surface area contributed by atoms with Crippen LogP contribution in [0.4, 0.5) is 5.69 Å². The highest BCUT2D eigenvalue weighted by Crippen LogP contribution is 2.31. The summed E-state index contributed by atoms with van der Waals surface area (Å²) in [5.41, 5.74) is 12.8. The van der Waals surface area contributed by atoms with Crippen molar-refractivity contribution < 1.29 is 4.79 Å². The molecule has 2 aromatic carbocycles. The van der Waals surface area contributed by atoms with Crippen LogP contribution in [0.2, 0.25) is 0 Å².